The summed E-state index contributed by atoms with van der Waals surface area (Å²) in [6, 6.07) is 7.22. The maximum atomic E-state index is 12.1. The molecule has 1 aromatic rings. The molecule has 0 radical (unpaired) electrons. The van der Waals surface area contributed by atoms with Crippen molar-refractivity contribution < 1.29 is 18.4 Å². The molecule has 21 heavy (non-hydrogen) atoms. The van der Waals surface area contributed by atoms with Crippen LogP contribution in [0.4, 0.5) is 0 Å². The van der Waals surface area contributed by atoms with E-state index in [2.05, 4.69) is 39.3 Å². The van der Waals surface area contributed by atoms with Crippen molar-refractivity contribution in [2.45, 2.75) is 39.3 Å². The van der Waals surface area contributed by atoms with Gasteiger partial charge in [-0.05, 0) is 51.4 Å². The molecule has 0 spiro atoms. The van der Waals surface area contributed by atoms with Gasteiger partial charge in [-0.25, -0.2) is 4.79 Å². The Kier molecular flexibility index (Phi) is 6.18. The normalized spacial score (nSPS) is 12.1. The van der Waals surface area contributed by atoms with E-state index in [1.807, 2.05) is 18.2 Å². The molecule has 1 rings (SSSR count). The quantitative estimate of drug-likeness (QED) is 0.433. The molecule has 0 saturated heterocycles. The van der Waals surface area contributed by atoms with Gasteiger partial charge < -0.3 is 13.6 Å². The lowest BCUT2D eigenvalue weighted by molar-refractivity contribution is 0.0443. The molecule has 0 atom stereocenters. The van der Waals surface area contributed by atoms with Crippen molar-refractivity contribution in [3.8, 4) is 5.75 Å². The number of esters is 1. The Bertz CT molecular complexity index is 475. The molecule has 0 N–H and O–H groups in total. The van der Waals surface area contributed by atoms with Gasteiger partial charge in [0.25, 0.3) is 0 Å². The third-order valence-corrected chi connectivity index (χ3v) is 4.28. The highest BCUT2D eigenvalue weighted by Gasteiger charge is 2.21. The van der Waals surface area contributed by atoms with Crippen LogP contribution in [0, 0.1) is 0 Å². The molecule has 0 fully saturated rings. The zero-order chi connectivity index (χ0) is 16.1. The topological polar surface area (TPSA) is 44.8 Å². The highest BCUT2D eigenvalue weighted by Crippen LogP contribution is 2.22. The smallest absolute Gasteiger partial charge is 0.341 e. The van der Waals surface area contributed by atoms with E-state index in [0.717, 1.165) is 0 Å². The summed E-state index contributed by atoms with van der Waals surface area (Å²) in [4.78, 5) is 12.1. The molecular formula is C15H26O4Si2. The monoisotopic (exact) mass is 326 g/mol. The zero-order valence-electron chi connectivity index (χ0n) is 13.9. The number of benzene rings is 1. The van der Waals surface area contributed by atoms with E-state index in [1.54, 1.807) is 6.07 Å². The fraction of sp³-hybridized carbons (Fsp3) is 0.533. The Balaban J connectivity index is 2.62. The van der Waals surface area contributed by atoms with Crippen LogP contribution in [0.5, 0.6) is 5.75 Å². The number of carbonyl (C=O) groups is 1. The van der Waals surface area contributed by atoms with Crippen LogP contribution < -0.4 is 4.43 Å². The Morgan fingerprint density at radius 1 is 0.952 bits per heavy atom. The molecule has 118 valence electrons. The molecule has 6 heteroatoms. The van der Waals surface area contributed by atoms with Gasteiger partial charge in [0.1, 0.15) is 17.9 Å². The summed E-state index contributed by atoms with van der Waals surface area (Å²) in [5.74, 6) is 0.246. The number of para-hydroxylation sites is 1. The van der Waals surface area contributed by atoms with E-state index in [0.29, 0.717) is 17.9 Å². The summed E-state index contributed by atoms with van der Waals surface area (Å²) in [6.07, 6.45) is 0. The molecule has 1 aromatic carbocycles. The number of carbonyl (C=O) groups excluding carboxylic acids is 1. The van der Waals surface area contributed by atoms with Crippen molar-refractivity contribution in [2.24, 2.45) is 0 Å². The number of rotatable bonds is 7. The summed E-state index contributed by atoms with van der Waals surface area (Å²) in [5.41, 5.74) is 0.480. The molecule has 0 aliphatic carbocycles. The van der Waals surface area contributed by atoms with Crippen molar-refractivity contribution in [1.82, 2.24) is 0 Å². The van der Waals surface area contributed by atoms with Gasteiger partial charge in [-0.1, -0.05) is 12.1 Å². The zero-order valence-corrected chi connectivity index (χ0v) is 15.9. The third-order valence-electron chi connectivity index (χ3n) is 2.37. The molecule has 0 aliphatic heterocycles. The van der Waals surface area contributed by atoms with Crippen molar-refractivity contribution in [3.63, 3.8) is 0 Å². The van der Waals surface area contributed by atoms with Gasteiger partial charge in [-0.2, -0.15) is 0 Å². The Labute approximate surface area is 129 Å². The number of hydrogen-bond acceptors (Lipinski definition) is 4. The lowest BCUT2D eigenvalue weighted by Crippen LogP contribution is -2.30. The van der Waals surface area contributed by atoms with Crippen LogP contribution in [0.2, 0.25) is 39.3 Å². The molecule has 0 bridgehead atoms. The highest BCUT2D eigenvalue weighted by atomic mass is 28.4. The van der Waals surface area contributed by atoms with E-state index >= 15 is 0 Å². The van der Waals surface area contributed by atoms with Gasteiger partial charge in [0.15, 0.2) is 8.32 Å². The number of hydrogen-bond donors (Lipinski definition) is 0. The molecule has 0 aromatic heterocycles. The van der Waals surface area contributed by atoms with E-state index < -0.39 is 16.6 Å². The van der Waals surface area contributed by atoms with Crippen molar-refractivity contribution >= 4 is 22.6 Å². The van der Waals surface area contributed by atoms with Gasteiger partial charge >= 0.3 is 5.97 Å². The lowest BCUT2D eigenvalue weighted by atomic mass is 10.2. The largest absolute Gasteiger partial charge is 0.544 e. The fourth-order valence-electron chi connectivity index (χ4n) is 1.61. The molecular weight excluding hydrogens is 300 g/mol. The Morgan fingerprint density at radius 2 is 1.57 bits per heavy atom. The van der Waals surface area contributed by atoms with E-state index in [4.69, 9.17) is 13.6 Å². The molecule has 0 saturated carbocycles. The van der Waals surface area contributed by atoms with Gasteiger partial charge in [0.2, 0.25) is 8.32 Å². The second kappa shape index (κ2) is 7.24. The van der Waals surface area contributed by atoms with Gasteiger partial charge in [-0.15, -0.1) is 0 Å². The number of ether oxygens (including phenoxy) is 1. The van der Waals surface area contributed by atoms with Crippen LogP contribution in [0.3, 0.4) is 0 Å². The van der Waals surface area contributed by atoms with Gasteiger partial charge in [0, 0.05) is 0 Å². The predicted molar refractivity (Wildman–Crippen MR) is 90.0 cm³/mol. The standard InChI is InChI=1S/C15H26O4Si2/c1-20(2,3)18-12-11-17-15(16)13-9-7-8-10-14(13)19-21(4,5)6/h7-10H,11-12H2,1-6H3. The second-order valence-electron chi connectivity index (χ2n) is 6.81. The van der Waals surface area contributed by atoms with E-state index in [1.165, 1.54) is 0 Å². The molecule has 0 amide bonds. The van der Waals surface area contributed by atoms with E-state index in [-0.39, 0.29) is 12.6 Å². The average Bonchev–Trinajstić information content (AvgIpc) is 2.32. The molecule has 0 aliphatic rings. The van der Waals surface area contributed by atoms with Gasteiger partial charge in [-0.3, -0.25) is 0 Å². The maximum absolute atomic E-state index is 12.1. The van der Waals surface area contributed by atoms with Crippen LogP contribution in [0.15, 0.2) is 24.3 Å². The van der Waals surface area contributed by atoms with E-state index in [9.17, 15) is 4.79 Å². The van der Waals surface area contributed by atoms with Crippen LogP contribution in [0.25, 0.3) is 0 Å². The molecule has 0 unspecified atom stereocenters. The maximum Gasteiger partial charge on any atom is 0.341 e. The summed E-state index contributed by atoms with van der Waals surface area (Å²) in [5, 5.41) is 0. The summed E-state index contributed by atoms with van der Waals surface area (Å²) in [6.45, 7) is 13.3. The predicted octanol–water partition coefficient (Wildman–Crippen LogP) is 3.91. The minimum atomic E-state index is -1.77. The van der Waals surface area contributed by atoms with Crippen LogP contribution in [0.1, 0.15) is 10.4 Å². The van der Waals surface area contributed by atoms with Crippen molar-refractivity contribution in [1.29, 1.82) is 0 Å². The highest BCUT2D eigenvalue weighted by molar-refractivity contribution is 6.70. The molecule has 0 heterocycles. The minimum absolute atomic E-state index is 0.268. The Hall–Kier alpha value is -1.12. The van der Waals surface area contributed by atoms with Crippen LogP contribution in [-0.2, 0) is 9.16 Å². The first-order valence-electron chi connectivity index (χ1n) is 7.18. The van der Waals surface area contributed by atoms with Gasteiger partial charge in [0.05, 0.1) is 6.61 Å². The first kappa shape index (κ1) is 17.9. The Morgan fingerprint density at radius 3 is 2.14 bits per heavy atom. The minimum Gasteiger partial charge on any atom is -0.544 e. The molecule has 4 nitrogen and oxygen atoms in total. The third kappa shape index (κ3) is 7.45. The average molecular weight is 327 g/mol. The first-order valence-corrected chi connectivity index (χ1v) is 14.0. The second-order valence-corrected chi connectivity index (χ2v) is 15.7. The first-order chi connectivity index (χ1) is 9.58. The SMILES string of the molecule is C[Si](C)(C)OCCOC(=O)c1ccccc1O[Si](C)(C)C. The van der Waals surface area contributed by atoms with Crippen LogP contribution >= 0.6 is 0 Å². The van der Waals surface area contributed by atoms with Crippen molar-refractivity contribution in [2.75, 3.05) is 13.2 Å². The lowest BCUT2D eigenvalue weighted by Gasteiger charge is -2.21. The fourth-order valence-corrected chi connectivity index (χ4v) is 3.15. The summed E-state index contributed by atoms with van der Waals surface area (Å²) >= 11 is 0. The summed E-state index contributed by atoms with van der Waals surface area (Å²) < 4.78 is 16.9. The van der Waals surface area contributed by atoms with Crippen molar-refractivity contribution in [3.05, 3.63) is 29.8 Å². The summed E-state index contributed by atoms with van der Waals surface area (Å²) in [7, 11) is -3.33. The van der Waals surface area contributed by atoms with Crippen LogP contribution in [-0.4, -0.2) is 35.8 Å².